The predicted octanol–water partition coefficient (Wildman–Crippen LogP) is 1.94. The van der Waals surface area contributed by atoms with E-state index >= 15 is 0 Å². The first-order chi connectivity index (χ1) is 8.90. The van der Waals surface area contributed by atoms with Crippen molar-refractivity contribution in [2.75, 3.05) is 20.1 Å². The van der Waals surface area contributed by atoms with Crippen molar-refractivity contribution in [3.05, 3.63) is 35.9 Å². The first-order valence-electron chi connectivity index (χ1n) is 6.58. The molecule has 2 atom stereocenters. The topological polar surface area (TPSA) is 60.8 Å². The SMILES string of the molecule is CC1CN(C)CC1(O)c1ccccc1.CCC(=O)O. The molecule has 19 heavy (non-hydrogen) atoms. The van der Waals surface area contributed by atoms with Crippen LogP contribution in [0, 0.1) is 5.92 Å². The molecule has 2 rings (SSSR count). The molecular weight excluding hydrogens is 242 g/mol. The van der Waals surface area contributed by atoms with E-state index in [0.29, 0.717) is 5.92 Å². The molecule has 1 aliphatic rings. The van der Waals surface area contributed by atoms with Gasteiger partial charge in [0.2, 0.25) is 0 Å². The number of carboxylic acids is 1. The van der Waals surface area contributed by atoms with Crippen LogP contribution in [0.15, 0.2) is 30.3 Å². The number of hydrogen-bond donors (Lipinski definition) is 2. The molecule has 0 bridgehead atoms. The van der Waals surface area contributed by atoms with E-state index in [4.69, 9.17) is 5.11 Å². The van der Waals surface area contributed by atoms with Gasteiger partial charge < -0.3 is 15.1 Å². The van der Waals surface area contributed by atoms with E-state index in [1.54, 1.807) is 6.92 Å². The summed E-state index contributed by atoms with van der Waals surface area (Å²) in [6.45, 7) is 5.41. The third-order valence-electron chi connectivity index (χ3n) is 3.49. The Hall–Kier alpha value is -1.39. The lowest BCUT2D eigenvalue weighted by Gasteiger charge is -2.27. The summed E-state index contributed by atoms with van der Waals surface area (Å²) in [5.41, 5.74) is 0.382. The highest BCUT2D eigenvalue weighted by Gasteiger charge is 2.42. The second-order valence-corrected chi connectivity index (χ2v) is 5.14. The molecule has 2 unspecified atom stereocenters. The Labute approximate surface area is 114 Å². The normalized spacial score (nSPS) is 26.6. The molecule has 0 amide bonds. The monoisotopic (exact) mass is 265 g/mol. The fraction of sp³-hybridized carbons (Fsp3) is 0.533. The Balaban J connectivity index is 0.000000312. The van der Waals surface area contributed by atoms with Gasteiger partial charge in [0.05, 0.1) is 0 Å². The molecule has 1 aromatic carbocycles. The van der Waals surface area contributed by atoms with Gasteiger partial charge in [-0.05, 0) is 12.6 Å². The van der Waals surface area contributed by atoms with Crippen molar-refractivity contribution in [3.8, 4) is 0 Å². The molecular formula is C15H23NO3. The number of aliphatic carboxylic acids is 1. The molecule has 0 saturated carbocycles. The zero-order valence-electron chi connectivity index (χ0n) is 11.8. The van der Waals surface area contributed by atoms with Crippen LogP contribution in [-0.4, -0.2) is 41.2 Å². The third-order valence-corrected chi connectivity index (χ3v) is 3.49. The Morgan fingerprint density at radius 1 is 1.42 bits per heavy atom. The molecule has 4 heteroatoms. The maximum Gasteiger partial charge on any atom is 0.303 e. The van der Waals surface area contributed by atoms with Crippen molar-refractivity contribution in [3.63, 3.8) is 0 Å². The molecule has 1 heterocycles. The largest absolute Gasteiger partial charge is 0.481 e. The summed E-state index contributed by atoms with van der Waals surface area (Å²) >= 11 is 0. The number of rotatable bonds is 2. The second-order valence-electron chi connectivity index (χ2n) is 5.14. The minimum atomic E-state index is -0.745. The first-order valence-corrected chi connectivity index (χ1v) is 6.58. The van der Waals surface area contributed by atoms with Crippen LogP contribution in [0.1, 0.15) is 25.8 Å². The standard InChI is InChI=1S/C12H17NO.C3H6O2/c1-10-8-13(2)9-12(10,14)11-6-4-3-5-7-11;1-2-3(4)5/h3-7,10,14H,8-9H2,1-2H3;2H2,1H3,(H,4,5). The minimum Gasteiger partial charge on any atom is -0.481 e. The van der Waals surface area contributed by atoms with Gasteiger partial charge in [-0.3, -0.25) is 4.79 Å². The van der Waals surface area contributed by atoms with Crippen LogP contribution in [0.3, 0.4) is 0 Å². The predicted molar refractivity (Wildman–Crippen MR) is 74.9 cm³/mol. The summed E-state index contributed by atoms with van der Waals surface area (Å²) in [4.78, 5) is 11.5. The van der Waals surface area contributed by atoms with Crippen molar-refractivity contribution in [1.29, 1.82) is 0 Å². The van der Waals surface area contributed by atoms with Crippen molar-refractivity contribution >= 4 is 5.97 Å². The van der Waals surface area contributed by atoms with E-state index in [-0.39, 0.29) is 6.42 Å². The smallest absolute Gasteiger partial charge is 0.303 e. The van der Waals surface area contributed by atoms with E-state index in [2.05, 4.69) is 18.9 Å². The van der Waals surface area contributed by atoms with Crippen LogP contribution in [0.5, 0.6) is 0 Å². The number of likely N-dealkylation sites (N-methyl/N-ethyl adjacent to an activating group) is 1. The Kier molecular flexibility index (Phi) is 5.51. The fourth-order valence-corrected chi connectivity index (χ4v) is 2.35. The zero-order valence-corrected chi connectivity index (χ0v) is 11.8. The van der Waals surface area contributed by atoms with Gasteiger partial charge in [-0.25, -0.2) is 0 Å². The quantitative estimate of drug-likeness (QED) is 0.858. The van der Waals surface area contributed by atoms with E-state index in [1.165, 1.54) is 0 Å². The lowest BCUT2D eigenvalue weighted by molar-refractivity contribution is -0.136. The summed E-state index contributed by atoms with van der Waals surface area (Å²) in [6, 6.07) is 9.97. The van der Waals surface area contributed by atoms with Crippen LogP contribution in [0.25, 0.3) is 0 Å². The third kappa shape index (κ3) is 4.04. The van der Waals surface area contributed by atoms with Gasteiger partial charge in [-0.15, -0.1) is 0 Å². The molecule has 1 fully saturated rings. The molecule has 0 aliphatic carbocycles. The summed E-state index contributed by atoms with van der Waals surface area (Å²) in [5.74, 6) is -0.445. The molecule has 4 nitrogen and oxygen atoms in total. The van der Waals surface area contributed by atoms with Gasteiger partial charge in [0.15, 0.2) is 0 Å². The maximum atomic E-state index is 10.6. The molecule has 2 N–H and O–H groups in total. The molecule has 0 aromatic heterocycles. The Morgan fingerprint density at radius 2 is 1.95 bits per heavy atom. The molecule has 106 valence electrons. The van der Waals surface area contributed by atoms with E-state index < -0.39 is 11.6 Å². The van der Waals surface area contributed by atoms with Crippen molar-refractivity contribution in [2.24, 2.45) is 5.92 Å². The summed E-state index contributed by atoms with van der Waals surface area (Å²) < 4.78 is 0. The zero-order chi connectivity index (χ0) is 14.5. The second kappa shape index (κ2) is 6.68. The number of nitrogens with zero attached hydrogens (tertiary/aromatic N) is 1. The number of hydrogen-bond acceptors (Lipinski definition) is 3. The number of likely N-dealkylation sites (tertiary alicyclic amines) is 1. The maximum absolute atomic E-state index is 10.6. The summed E-state index contributed by atoms with van der Waals surface area (Å²) in [6.07, 6.45) is 0.222. The van der Waals surface area contributed by atoms with Crippen LogP contribution in [0.4, 0.5) is 0 Å². The van der Waals surface area contributed by atoms with Crippen molar-refractivity contribution < 1.29 is 15.0 Å². The number of aliphatic hydroxyl groups is 1. The number of carbonyl (C=O) groups is 1. The van der Waals surface area contributed by atoms with E-state index in [1.807, 2.05) is 30.3 Å². The Morgan fingerprint density at radius 3 is 2.32 bits per heavy atom. The summed E-state index contributed by atoms with van der Waals surface area (Å²) in [7, 11) is 2.05. The summed E-state index contributed by atoms with van der Waals surface area (Å²) in [5, 5.41) is 18.3. The number of carboxylic acid groups (broad SMARTS) is 1. The lowest BCUT2D eigenvalue weighted by atomic mass is 9.85. The van der Waals surface area contributed by atoms with Crippen LogP contribution in [-0.2, 0) is 10.4 Å². The number of β-amino-alcohol motifs (C(OH)–C–C–N with tert-alkyl or cyclic N) is 1. The van der Waals surface area contributed by atoms with Gasteiger partial charge in [-0.1, -0.05) is 44.2 Å². The van der Waals surface area contributed by atoms with Gasteiger partial charge in [0.25, 0.3) is 0 Å². The molecule has 0 spiro atoms. The van der Waals surface area contributed by atoms with Crippen LogP contribution >= 0.6 is 0 Å². The molecule has 1 aliphatic heterocycles. The first kappa shape index (κ1) is 15.7. The van der Waals surface area contributed by atoms with Crippen molar-refractivity contribution in [1.82, 2.24) is 4.90 Å². The Bertz CT molecular complexity index is 407. The fourth-order valence-electron chi connectivity index (χ4n) is 2.35. The highest BCUT2D eigenvalue weighted by Crippen LogP contribution is 2.35. The van der Waals surface area contributed by atoms with Crippen molar-refractivity contribution in [2.45, 2.75) is 25.9 Å². The average Bonchev–Trinajstić information content (AvgIpc) is 2.66. The van der Waals surface area contributed by atoms with Gasteiger partial charge in [0.1, 0.15) is 5.60 Å². The molecule has 1 aromatic rings. The lowest BCUT2D eigenvalue weighted by Crippen LogP contribution is -2.33. The van der Waals surface area contributed by atoms with Crippen LogP contribution in [0.2, 0.25) is 0 Å². The van der Waals surface area contributed by atoms with Gasteiger partial charge >= 0.3 is 5.97 Å². The molecule has 1 saturated heterocycles. The van der Waals surface area contributed by atoms with Gasteiger partial charge in [-0.2, -0.15) is 0 Å². The average molecular weight is 265 g/mol. The van der Waals surface area contributed by atoms with Gasteiger partial charge in [0, 0.05) is 25.4 Å². The van der Waals surface area contributed by atoms with E-state index in [0.717, 1.165) is 18.7 Å². The van der Waals surface area contributed by atoms with E-state index in [9.17, 15) is 9.90 Å². The highest BCUT2D eigenvalue weighted by atomic mass is 16.4. The molecule has 0 radical (unpaired) electrons. The van der Waals surface area contributed by atoms with Crippen LogP contribution < -0.4 is 0 Å². The highest BCUT2D eigenvalue weighted by molar-refractivity contribution is 5.66. The number of benzene rings is 1. The minimum absolute atomic E-state index is 0.222.